The standard InChI is InChI=1S/C35H39N3O5S/c1-6-11-24(12-7-2)23(5)42-31-18-17-21(3)33-32(31)28(35(39)38-44(40,41)26-14-10-13-25(36)19-26)20-29(37-33)34-22(4)27-15-8-9-16-30(27)43-34/h8-10,13-20,23-24H,6-7,11-12,36H2,1-5H3,(H,38,39)/t23-/m1/s1. The molecule has 0 aliphatic rings. The molecule has 5 rings (SSSR count). The molecule has 0 bridgehead atoms. The van der Waals surface area contributed by atoms with E-state index < -0.39 is 15.9 Å². The van der Waals surface area contributed by atoms with Crippen LogP contribution in [0.15, 0.2) is 76.0 Å². The lowest BCUT2D eigenvalue weighted by Crippen LogP contribution is -2.31. The number of aromatic nitrogens is 1. The Balaban J connectivity index is 1.69. The lowest BCUT2D eigenvalue weighted by atomic mass is 9.93. The van der Waals surface area contributed by atoms with Crippen LogP contribution in [0.3, 0.4) is 0 Å². The average Bonchev–Trinajstić information content (AvgIpc) is 3.34. The number of anilines is 1. The summed E-state index contributed by atoms with van der Waals surface area (Å²) in [5, 5.41) is 1.38. The molecule has 0 fully saturated rings. The number of carbonyl (C=O) groups is 1. The van der Waals surface area contributed by atoms with Gasteiger partial charge in [-0.25, -0.2) is 18.1 Å². The molecule has 0 aliphatic heterocycles. The summed E-state index contributed by atoms with van der Waals surface area (Å²) < 4.78 is 41.7. The van der Waals surface area contributed by atoms with Gasteiger partial charge in [-0.2, -0.15) is 0 Å². The van der Waals surface area contributed by atoms with Gasteiger partial charge in [0.2, 0.25) is 0 Å². The van der Waals surface area contributed by atoms with Crippen molar-refractivity contribution in [1.82, 2.24) is 9.71 Å². The number of benzene rings is 3. The van der Waals surface area contributed by atoms with Gasteiger partial charge in [-0.3, -0.25) is 4.79 Å². The zero-order valence-corrected chi connectivity index (χ0v) is 26.6. The number of furan rings is 1. The maximum Gasteiger partial charge on any atom is 0.265 e. The van der Waals surface area contributed by atoms with E-state index >= 15 is 0 Å². The van der Waals surface area contributed by atoms with Crippen LogP contribution in [0.5, 0.6) is 5.75 Å². The van der Waals surface area contributed by atoms with E-state index in [1.165, 1.54) is 18.2 Å². The highest BCUT2D eigenvalue weighted by atomic mass is 32.2. The number of carbonyl (C=O) groups excluding carboxylic acids is 1. The molecular weight excluding hydrogens is 574 g/mol. The second kappa shape index (κ2) is 12.7. The molecule has 1 amide bonds. The Kier molecular flexibility index (Phi) is 8.97. The summed E-state index contributed by atoms with van der Waals surface area (Å²) in [5.41, 5.74) is 9.54. The fraction of sp³-hybridized carbons (Fsp3) is 0.314. The first-order valence-corrected chi connectivity index (χ1v) is 16.5. The van der Waals surface area contributed by atoms with Crippen molar-refractivity contribution in [3.05, 3.63) is 83.4 Å². The number of ether oxygens (including phenoxy) is 1. The molecule has 2 aromatic heterocycles. The SMILES string of the molecule is CCCC(CCC)[C@@H](C)Oc1ccc(C)c2nc(-c3oc4ccccc4c3C)cc(C(=O)NS(=O)(=O)c3cccc(N)c3)c12. The first kappa shape index (κ1) is 31.1. The van der Waals surface area contributed by atoms with E-state index in [0.29, 0.717) is 39.6 Å². The van der Waals surface area contributed by atoms with Crippen LogP contribution in [0.4, 0.5) is 5.69 Å². The van der Waals surface area contributed by atoms with E-state index in [2.05, 4.69) is 18.6 Å². The van der Waals surface area contributed by atoms with Crippen molar-refractivity contribution in [3.8, 4) is 17.2 Å². The van der Waals surface area contributed by atoms with Gasteiger partial charge in [0.05, 0.1) is 27.5 Å². The van der Waals surface area contributed by atoms with Gasteiger partial charge in [-0.05, 0) is 81.5 Å². The number of hydrogen-bond acceptors (Lipinski definition) is 7. The largest absolute Gasteiger partial charge is 0.490 e. The molecule has 0 unspecified atom stereocenters. The minimum Gasteiger partial charge on any atom is -0.490 e. The average molecular weight is 614 g/mol. The molecule has 0 radical (unpaired) electrons. The highest BCUT2D eigenvalue weighted by Crippen LogP contribution is 2.38. The van der Waals surface area contributed by atoms with Gasteiger partial charge in [-0.15, -0.1) is 0 Å². The molecule has 0 saturated carbocycles. The van der Waals surface area contributed by atoms with Crippen molar-refractivity contribution in [2.24, 2.45) is 5.92 Å². The number of rotatable bonds is 11. The van der Waals surface area contributed by atoms with Crippen LogP contribution >= 0.6 is 0 Å². The Morgan fingerprint density at radius 1 is 1.00 bits per heavy atom. The van der Waals surface area contributed by atoms with Crippen molar-refractivity contribution >= 4 is 43.5 Å². The summed E-state index contributed by atoms with van der Waals surface area (Å²) in [4.78, 5) is 18.9. The number of nitrogen functional groups attached to an aromatic ring is 1. The van der Waals surface area contributed by atoms with Crippen LogP contribution in [0.25, 0.3) is 33.3 Å². The molecule has 0 spiro atoms. The van der Waals surface area contributed by atoms with Gasteiger partial charge in [0.1, 0.15) is 17.0 Å². The minimum absolute atomic E-state index is 0.110. The fourth-order valence-electron chi connectivity index (χ4n) is 5.82. The molecule has 1 atom stereocenters. The molecule has 0 aliphatic carbocycles. The fourth-order valence-corrected chi connectivity index (χ4v) is 6.85. The zero-order valence-electron chi connectivity index (χ0n) is 25.8. The number of pyridine rings is 1. The van der Waals surface area contributed by atoms with Gasteiger partial charge >= 0.3 is 0 Å². The van der Waals surface area contributed by atoms with Crippen molar-refractivity contribution in [2.45, 2.75) is 71.3 Å². The van der Waals surface area contributed by atoms with Crippen LogP contribution in [-0.2, 0) is 10.0 Å². The maximum absolute atomic E-state index is 14.0. The lowest BCUT2D eigenvalue weighted by Gasteiger charge is -2.26. The molecule has 3 aromatic carbocycles. The second-order valence-corrected chi connectivity index (χ2v) is 13.1. The number of nitrogens with one attached hydrogen (secondary N) is 1. The maximum atomic E-state index is 14.0. The van der Waals surface area contributed by atoms with E-state index in [0.717, 1.165) is 42.2 Å². The lowest BCUT2D eigenvalue weighted by molar-refractivity contribution is 0.0982. The summed E-state index contributed by atoms with van der Waals surface area (Å²) >= 11 is 0. The number of hydrogen-bond donors (Lipinski definition) is 2. The van der Waals surface area contributed by atoms with E-state index in [1.54, 1.807) is 12.1 Å². The summed E-state index contributed by atoms with van der Waals surface area (Å²) in [6.07, 6.45) is 3.95. The molecule has 8 nitrogen and oxygen atoms in total. The molecule has 2 heterocycles. The highest BCUT2D eigenvalue weighted by molar-refractivity contribution is 7.90. The molecule has 0 saturated heterocycles. The number of nitrogens with zero attached hydrogens (tertiary/aromatic N) is 1. The molecular formula is C35H39N3O5S. The van der Waals surface area contributed by atoms with Crippen molar-refractivity contribution in [2.75, 3.05) is 5.73 Å². The summed E-state index contributed by atoms with van der Waals surface area (Å²) in [7, 11) is -4.24. The van der Waals surface area contributed by atoms with Crippen molar-refractivity contribution < 1.29 is 22.4 Å². The van der Waals surface area contributed by atoms with Crippen LogP contribution < -0.4 is 15.2 Å². The molecule has 9 heteroatoms. The summed E-state index contributed by atoms with van der Waals surface area (Å²) in [6, 6.07) is 18.8. The Hall–Kier alpha value is -4.37. The number of aryl methyl sites for hydroxylation is 2. The first-order chi connectivity index (χ1) is 21.0. The zero-order chi connectivity index (χ0) is 31.6. The Bertz CT molecular complexity index is 1940. The minimum atomic E-state index is -4.24. The first-order valence-electron chi connectivity index (χ1n) is 15.1. The number of sulfonamides is 1. The van der Waals surface area contributed by atoms with Gasteiger partial charge in [0.15, 0.2) is 5.76 Å². The summed E-state index contributed by atoms with van der Waals surface area (Å²) in [5.74, 6) is 0.498. The van der Waals surface area contributed by atoms with Crippen molar-refractivity contribution in [1.29, 1.82) is 0 Å². The number of para-hydroxylation sites is 1. The van der Waals surface area contributed by atoms with E-state index in [-0.39, 0.29) is 22.3 Å². The predicted octanol–water partition coefficient (Wildman–Crippen LogP) is 7.95. The number of fused-ring (bicyclic) bond motifs is 2. The number of amides is 1. The van der Waals surface area contributed by atoms with Crippen molar-refractivity contribution in [3.63, 3.8) is 0 Å². The molecule has 230 valence electrons. The quantitative estimate of drug-likeness (QED) is 0.145. The molecule has 3 N–H and O–H groups in total. The van der Waals surface area contributed by atoms with Gasteiger partial charge < -0.3 is 14.9 Å². The smallest absolute Gasteiger partial charge is 0.265 e. The third kappa shape index (κ3) is 6.15. The third-order valence-corrected chi connectivity index (χ3v) is 9.46. The van der Waals surface area contributed by atoms with Crippen LogP contribution in [0.2, 0.25) is 0 Å². The molecule has 5 aromatic rings. The van der Waals surface area contributed by atoms with E-state index in [4.69, 9.17) is 19.9 Å². The van der Waals surface area contributed by atoms with Gasteiger partial charge in [-0.1, -0.05) is 57.0 Å². The normalized spacial score (nSPS) is 12.6. The third-order valence-electron chi connectivity index (χ3n) is 8.14. The van der Waals surface area contributed by atoms with Gasteiger partial charge in [0, 0.05) is 16.6 Å². The van der Waals surface area contributed by atoms with Gasteiger partial charge in [0.25, 0.3) is 15.9 Å². The van der Waals surface area contributed by atoms with E-state index in [1.807, 2.05) is 57.2 Å². The highest BCUT2D eigenvalue weighted by Gasteiger charge is 2.27. The van der Waals surface area contributed by atoms with Crippen LogP contribution in [-0.4, -0.2) is 25.4 Å². The Morgan fingerprint density at radius 2 is 1.73 bits per heavy atom. The topological polar surface area (TPSA) is 125 Å². The van der Waals surface area contributed by atoms with Crippen LogP contribution in [0.1, 0.15) is 67.9 Å². The Morgan fingerprint density at radius 3 is 2.41 bits per heavy atom. The molecule has 44 heavy (non-hydrogen) atoms. The second-order valence-electron chi connectivity index (χ2n) is 11.4. The predicted molar refractivity (Wildman–Crippen MR) is 175 cm³/mol. The Labute approximate surface area is 258 Å². The number of nitrogens with two attached hydrogens (primary N) is 1. The van der Waals surface area contributed by atoms with Crippen LogP contribution in [0, 0.1) is 19.8 Å². The monoisotopic (exact) mass is 613 g/mol. The summed E-state index contributed by atoms with van der Waals surface area (Å²) in [6.45, 7) is 10.2. The van der Waals surface area contributed by atoms with E-state index in [9.17, 15) is 13.2 Å².